The van der Waals surface area contributed by atoms with Crippen LogP contribution in [0.2, 0.25) is 0 Å². The highest BCUT2D eigenvalue weighted by Crippen LogP contribution is 2.30. The van der Waals surface area contributed by atoms with Crippen molar-refractivity contribution in [3.63, 3.8) is 0 Å². The maximum absolute atomic E-state index is 14.4. The van der Waals surface area contributed by atoms with Crippen LogP contribution in [0.1, 0.15) is 27.1 Å². The molecule has 25 heavy (non-hydrogen) atoms. The topological polar surface area (TPSA) is 138 Å². The third kappa shape index (κ3) is 2.82. The van der Waals surface area contributed by atoms with Crippen LogP contribution in [-0.4, -0.2) is 63.7 Å². The fourth-order valence-electron chi connectivity index (χ4n) is 2.44. The van der Waals surface area contributed by atoms with Gasteiger partial charge >= 0.3 is 23.6 Å². The number of ether oxygens (including phenoxy) is 1. The summed E-state index contributed by atoms with van der Waals surface area (Å²) in [7, 11) is 0.870. The van der Waals surface area contributed by atoms with Crippen LogP contribution < -0.4 is 0 Å². The van der Waals surface area contributed by atoms with Gasteiger partial charge in [0, 0.05) is 6.42 Å². The Morgan fingerprint density at radius 2 is 1.56 bits per heavy atom. The third-order valence-corrected chi connectivity index (χ3v) is 3.76. The third-order valence-electron chi connectivity index (χ3n) is 3.76. The zero-order valence-corrected chi connectivity index (χ0v) is 12.8. The predicted molar refractivity (Wildman–Crippen MR) is 76.5 cm³/mol. The lowest BCUT2D eigenvalue weighted by atomic mass is 9.95. The normalized spacial score (nSPS) is 14.9. The van der Waals surface area contributed by atoms with Gasteiger partial charge in [-0.05, 0) is 12.1 Å². The molecule has 2 N–H and O–H groups in total. The molecule has 2 rings (SSSR count). The molecule has 0 spiro atoms. The first kappa shape index (κ1) is 18.0. The van der Waals surface area contributed by atoms with Crippen LogP contribution in [0.4, 0.5) is 4.39 Å². The van der Waals surface area contributed by atoms with Gasteiger partial charge in [0.15, 0.2) is 0 Å². The molecule has 0 aliphatic carbocycles. The maximum Gasteiger partial charge on any atom is 0.353 e. The quantitative estimate of drug-likeness (QED) is 0.417. The van der Waals surface area contributed by atoms with E-state index in [4.69, 9.17) is 10.2 Å². The summed E-state index contributed by atoms with van der Waals surface area (Å²) in [6, 6.07) is 3.43. The van der Waals surface area contributed by atoms with Crippen LogP contribution >= 0.6 is 0 Å². The first-order chi connectivity index (χ1) is 11.6. The summed E-state index contributed by atoms with van der Waals surface area (Å²) >= 11 is 0. The summed E-state index contributed by atoms with van der Waals surface area (Å²) in [6.45, 7) is 0. The molecule has 0 fully saturated rings. The molecule has 2 amide bonds. The number of halogens is 1. The number of amides is 2. The largest absolute Gasteiger partial charge is 0.478 e. The number of carboxylic acids is 2. The molecular weight excluding hydrogens is 341 g/mol. The standard InChI is InChI=1S/C15H12FNO8/c1-25-12(20)9(6-15(16,13(21)22)14(23)24)17-10(18)7-4-2-3-5-8(7)11(17)19/h2-5,9H,6H2,1H3,(H,21,22)(H,23,24). The summed E-state index contributed by atoms with van der Waals surface area (Å²) in [6.07, 6.45) is -1.49. The van der Waals surface area contributed by atoms with Crippen molar-refractivity contribution >= 4 is 29.7 Å². The minimum absolute atomic E-state index is 0.0727. The fraction of sp³-hybridized carbons (Fsp3) is 0.267. The number of benzene rings is 1. The molecule has 10 heteroatoms. The molecule has 1 heterocycles. The van der Waals surface area contributed by atoms with Crippen molar-refractivity contribution in [2.45, 2.75) is 18.1 Å². The second kappa shape index (κ2) is 6.30. The minimum atomic E-state index is -3.89. The summed E-state index contributed by atoms with van der Waals surface area (Å²) in [5.74, 6) is -8.02. The van der Waals surface area contributed by atoms with E-state index >= 15 is 0 Å². The van der Waals surface area contributed by atoms with Gasteiger partial charge < -0.3 is 14.9 Å². The molecule has 0 saturated heterocycles. The highest BCUT2D eigenvalue weighted by molar-refractivity contribution is 6.22. The van der Waals surface area contributed by atoms with E-state index in [-0.39, 0.29) is 11.1 Å². The summed E-state index contributed by atoms with van der Waals surface area (Å²) < 4.78 is 18.8. The SMILES string of the molecule is COC(=O)C(CC(F)(C(=O)O)C(=O)O)N1C(=O)c2ccccc2C1=O. The molecule has 1 aromatic carbocycles. The Morgan fingerprint density at radius 3 is 1.92 bits per heavy atom. The molecule has 0 radical (unpaired) electrons. The molecule has 0 aromatic heterocycles. The monoisotopic (exact) mass is 353 g/mol. The lowest BCUT2D eigenvalue weighted by Crippen LogP contribution is -2.53. The van der Waals surface area contributed by atoms with E-state index in [9.17, 15) is 28.4 Å². The number of fused-ring (bicyclic) bond motifs is 1. The predicted octanol–water partition coefficient (Wildman–Crippen LogP) is 0.0918. The van der Waals surface area contributed by atoms with Crippen molar-refractivity contribution in [2.75, 3.05) is 7.11 Å². The lowest BCUT2D eigenvalue weighted by Gasteiger charge is -2.27. The number of carboxylic acid groups (broad SMARTS) is 2. The lowest BCUT2D eigenvalue weighted by molar-refractivity contribution is -0.169. The maximum atomic E-state index is 14.4. The van der Waals surface area contributed by atoms with Crippen molar-refractivity contribution in [3.05, 3.63) is 35.4 Å². The second-order valence-electron chi connectivity index (χ2n) is 5.18. The number of alkyl halides is 1. The fourth-order valence-corrected chi connectivity index (χ4v) is 2.44. The molecule has 1 atom stereocenters. The van der Waals surface area contributed by atoms with Crippen molar-refractivity contribution in [2.24, 2.45) is 0 Å². The van der Waals surface area contributed by atoms with E-state index in [1.54, 1.807) is 0 Å². The van der Waals surface area contributed by atoms with E-state index in [1.165, 1.54) is 24.3 Å². The van der Waals surface area contributed by atoms with Crippen molar-refractivity contribution in [3.8, 4) is 0 Å². The summed E-state index contributed by atoms with van der Waals surface area (Å²) in [5.41, 5.74) is -4.04. The van der Waals surface area contributed by atoms with E-state index < -0.39 is 47.9 Å². The highest BCUT2D eigenvalue weighted by Gasteiger charge is 2.54. The van der Waals surface area contributed by atoms with Gasteiger partial charge in [-0.25, -0.2) is 18.8 Å². The number of carbonyl (C=O) groups is 5. The van der Waals surface area contributed by atoms with Gasteiger partial charge in [-0.2, -0.15) is 0 Å². The van der Waals surface area contributed by atoms with Gasteiger partial charge in [0.2, 0.25) is 0 Å². The van der Waals surface area contributed by atoms with E-state index in [0.717, 1.165) is 7.11 Å². The number of rotatable bonds is 6. The Balaban J connectivity index is 2.49. The van der Waals surface area contributed by atoms with Crippen LogP contribution in [0, 0.1) is 0 Å². The number of hydrogen-bond acceptors (Lipinski definition) is 6. The van der Waals surface area contributed by atoms with Gasteiger partial charge in [0.05, 0.1) is 18.2 Å². The van der Waals surface area contributed by atoms with E-state index in [2.05, 4.69) is 4.74 Å². The van der Waals surface area contributed by atoms with Crippen molar-refractivity contribution in [1.29, 1.82) is 0 Å². The van der Waals surface area contributed by atoms with Gasteiger partial charge in [0.1, 0.15) is 6.04 Å². The zero-order valence-electron chi connectivity index (χ0n) is 12.8. The van der Waals surface area contributed by atoms with E-state index in [1.807, 2.05) is 0 Å². The number of aliphatic carboxylic acids is 2. The van der Waals surface area contributed by atoms with Gasteiger partial charge in [-0.15, -0.1) is 0 Å². The van der Waals surface area contributed by atoms with E-state index in [0.29, 0.717) is 4.90 Å². The zero-order chi connectivity index (χ0) is 18.9. The van der Waals surface area contributed by atoms with Crippen LogP contribution in [0.25, 0.3) is 0 Å². The average molecular weight is 353 g/mol. The average Bonchev–Trinajstić information content (AvgIpc) is 2.83. The summed E-state index contributed by atoms with van der Waals surface area (Å²) in [5, 5.41) is 17.7. The molecule has 9 nitrogen and oxygen atoms in total. The number of hydrogen-bond donors (Lipinski definition) is 2. The molecule has 1 aliphatic rings. The number of imide groups is 1. The molecule has 1 aliphatic heterocycles. The van der Waals surface area contributed by atoms with Gasteiger partial charge in [-0.1, -0.05) is 12.1 Å². The Kier molecular flexibility index (Phi) is 4.55. The Bertz CT molecular complexity index is 740. The number of esters is 1. The Hall–Kier alpha value is -3.30. The highest BCUT2D eigenvalue weighted by atomic mass is 19.1. The molecule has 0 saturated carbocycles. The van der Waals surface area contributed by atoms with Gasteiger partial charge in [-0.3, -0.25) is 14.5 Å². The smallest absolute Gasteiger partial charge is 0.353 e. The minimum Gasteiger partial charge on any atom is -0.478 e. The molecule has 132 valence electrons. The first-order valence-corrected chi connectivity index (χ1v) is 6.85. The number of nitrogens with zero attached hydrogens (tertiary/aromatic N) is 1. The van der Waals surface area contributed by atoms with Crippen molar-refractivity contribution in [1.82, 2.24) is 4.90 Å². The van der Waals surface area contributed by atoms with Crippen LogP contribution in [0.5, 0.6) is 0 Å². The Labute approximate surface area is 139 Å². The van der Waals surface area contributed by atoms with Crippen LogP contribution in [0.15, 0.2) is 24.3 Å². The van der Waals surface area contributed by atoms with Crippen LogP contribution in [0.3, 0.4) is 0 Å². The molecule has 1 aromatic rings. The van der Waals surface area contributed by atoms with Crippen LogP contribution in [-0.2, 0) is 19.1 Å². The van der Waals surface area contributed by atoms with Gasteiger partial charge in [0.25, 0.3) is 11.8 Å². The molecular formula is C15H12FNO8. The molecule has 1 unspecified atom stereocenters. The number of carbonyl (C=O) groups excluding carboxylic acids is 3. The Morgan fingerprint density at radius 1 is 1.12 bits per heavy atom. The first-order valence-electron chi connectivity index (χ1n) is 6.85. The van der Waals surface area contributed by atoms with Crippen molar-refractivity contribution < 1.29 is 43.3 Å². The second-order valence-corrected chi connectivity index (χ2v) is 5.18. The number of methoxy groups -OCH3 is 1. The summed E-state index contributed by atoms with van der Waals surface area (Å²) in [4.78, 5) is 59.0. The molecule has 0 bridgehead atoms.